The van der Waals surface area contributed by atoms with E-state index in [0.717, 1.165) is 22.5 Å². The highest BCUT2D eigenvalue weighted by Gasteiger charge is 2.10. The molecule has 0 unspecified atom stereocenters. The Bertz CT molecular complexity index is 692. The van der Waals surface area contributed by atoms with Crippen molar-refractivity contribution in [3.05, 3.63) is 41.2 Å². The number of primary sulfonamides is 1. The molecule has 0 fully saturated rings. The van der Waals surface area contributed by atoms with Gasteiger partial charge in [-0.1, -0.05) is 6.07 Å². The Morgan fingerprint density at radius 3 is 2.68 bits per heavy atom. The average Bonchev–Trinajstić information content (AvgIpc) is 2.72. The molecule has 0 aliphatic heterocycles. The van der Waals surface area contributed by atoms with Gasteiger partial charge in [0, 0.05) is 23.5 Å². The lowest BCUT2D eigenvalue weighted by molar-refractivity contribution is 0.598. The highest BCUT2D eigenvalue weighted by Crippen LogP contribution is 2.20. The Kier molecular flexibility index (Phi) is 3.59. The van der Waals surface area contributed by atoms with Crippen molar-refractivity contribution in [1.82, 2.24) is 10.2 Å². The minimum Gasteiger partial charge on any atom is -0.381 e. The summed E-state index contributed by atoms with van der Waals surface area (Å²) in [6, 6.07) is 4.77. The van der Waals surface area contributed by atoms with Crippen LogP contribution in [0, 0.1) is 13.8 Å². The molecule has 0 bridgehead atoms. The van der Waals surface area contributed by atoms with Gasteiger partial charge < -0.3 is 5.32 Å². The van der Waals surface area contributed by atoms with E-state index in [0.29, 0.717) is 6.54 Å². The summed E-state index contributed by atoms with van der Waals surface area (Å²) in [6.45, 7) is 4.40. The lowest BCUT2D eigenvalue weighted by Crippen LogP contribution is -2.13. The maximum absolute atomic E-state index is 11.3. The molecule has 6 nitrogen and oxygen atoms in total. The molecule has 0 atom stereocenters. The largest absolute Gasteiger partial charge is 0.381 e. The lowest BCUT2D eigenvalue weighted by atomic mass is 10.2. The van der Waals surface area contributed by atoms with Gasteiger partial charge in [0.25, 0.3) is 0 Å². The van der Waals surface area contributed by atoms with Gasteiger partial charge in [0.05, 0.1) is 11.1 Å². The molecule has 0 aliphatic rings. The maximum atomic E-state index is 11.3. The molecule has 2 rings (SSSR count). The molecule has 1 heterocycles. The Labute approximate surface area is 112 Å². The molecule has 0 saturated heterocycles. The van der Waals surface area contributed by atoms with Gasteiger partial charge in [-0.15, -0.1) is 0 Å². The van der Waals surface area contributed by atoms with E-state index in [9.17, 15) is 8.42 Å². The highest BCUT2D eigenvalue weighted by atomic mass is 32.2. The second-order valence-corrected chi connectivity index (χ2v) is 5.96. The summed E-state index contributed by atoms with van der Waals surface area (Å²) in [6.07, 6.45) is 1.74. The van der Waals surface area contributed by atoms with Crippen molar-refractivity contribution in [3.8, 4) is 0 Å². The van der Waals surface area contributed by atoms with E-state index in [1.54, 1.807) is 18.3 Å². The van der Waals surface area contributed by atoms with E-state index < -0.39 is 10.0 Å². The van der Waals surface area contributed by atoms with Gasteiger partial charge in [0.1, 0.15) is 0 Å². The third-order valence-electron chi connectivity index (χ3n) is 2.94. The SMILES string of the molecule is Cc1ccc(S(N)(=O)=O)cc1NCc1cn[nH]c1C. The van der Waals surface area contributed by atoms with Crippen LogP contribution in [0.1, 0.15) is 16.8 Å². The number of H-pyrrole nitrogens is 1. The summed E-state index contributed by atoms with van der Waals surface area (Å²) in [5, 5.41) is 15.1. The molecule has 7 heteroatoms. The highest BCUT2D eigenvalue weighted by molar-refractivity contribution is 7.89. The Morgan fingerprint density at radius 1 is 1.37 bits per heavy atom. The minimum atomic E-state index is -3.68. The number of nitrogens with two attached hydrogens (primary N) is 1. The van der Waals surface area contributed by atoms with Crippen LogP contribution in [-0.2, 0) is 16.6 Å². The molecular weight excluding hydrogens is 264 g/mol. The van der Waals surface area contributed by atoms with Crippen LogP contribution >= 0.6 is 0 Å². The van der Waals surface area contributed by atoms with E-state index in [4.69, 9.17) is 5.14 Å². The Morgan fingerprint density at radius 2 is 2.11 bits per heavy atom. The number of aromatic nitrogens is 2. The minimum absolute atomic E-state index is 0.101. The van der Waals surface area contributed by atoms with E-state index in [-0.39, 0.29) is 4.90 Å². The molecule has 2 aromatic rings. The first kappa shape index (κ1) is 13.6. The number of anilines is 1. The summed E-state index contributed by atoms with van der Waals surface area (Å²) in [5.74, 6) is 0. The summed E-state index contributed by atoms with van der Waals surface area (Å²) in [5.41, 5.74) is 3.70. The predicted octanol–water partition coefficient (Wildman–Crippen LogP) is 1.29. The van der Waals surface area contributed by atoms with Crippen molar-refractivity contribution in [1.29, 1.82) is 0 Å². The molecule has 0 radical (unpaired) electrons. The van der Waals surface area contributed by atoms with Gasteiger partial charge in [0.2, 0.25) is 10.0 Å². The standard InChI is InChI=1S/C12H16N4O2S/c1-8-3-4-11(19(13,17)18)5-12(8)14-6-10-7-15-16-9(10)2/h3-5,7,14H,6H2,1-2H3,(H,15,16)(H2,13,17,18). The van der Waals surface area contributed by atoms with Crippen LogP contribution in [0.2, 0.25) is 0 Å². The van der Waals surface area contributed by atoms with E-state index in [1.807, 2.05) is 13.8 Å². The molecule has 0 amide bonds. The van der Waals surface area contributed by atoms with E-state index in [2.05, 4.69) is 15.5 Å². The Balaban J connectivity index is 2.23. The number of sulfonamides is 1. The fourth-order valence-electron chi connectivity index (χ4n) is 1.71. The van der Waals surface area contributed by atoms with Gasteiger partial charge in [-0.05, 0) is 31.5 Å². The lowest BCUT2D eigenvalue weighted by Gasteiger charge is -2.10. The third-order valence-corrected chi connectivity index (χ3v) is 3.85. The van der Waals surface area contributed by atoms with Crippen molar-refractivity contribution in [2.24, 2.45) is 5.14 Å². The summed E-state index contributed by atoms with van der Waals surface area (Å²) in [7, 11) is -3.68. The normalized spacial score (nSPS) is 11.5. The van der Waals surface area contributed by atoms with Crippen molar-refractivity contribution in [2.75, 3.05) is 5.32 Å². The zero-order valence-corrected chi connectivity index (χ0v) is 11.6. The molecular formula is C12H16N4O2S. The van der Waals surface area contributed by atoms with Gasteiger partial charge >= 0.3 is 0 Å². The maximum Gasteiger partial charge on any atom is 0.238 e. The second-order valence-electron chi connectivity index (χ2n) is 4.40. The van der Waals surface area contributed by atoms with E-state index in [1.165, 1.54) is 6.07 Å². The van der Waals surface area contributed by atoms with Gasteiger partial charge in [-0.3, -0.25) is 5.10 Å². The molecule has 1 aromatic heterocycles. The monoisotopic (exact) mass is 280 g/mol. The number of nitrogens with zero attached hydrogens (tertiary/aromatic N) is 1. The fraction of sp³-hybridized carbons (Fsp3) is 0.250. The first-order chi connectivity index (χ1) is 8.88. The van der Waals surface area contributed by atoms with Crippen molar-refractivity contribution in [2.45, 2.75) is 25.3 Å². The second kappa shape index (κ2) is 5.02. The van der Waals surface area contributed by atoms with Crippen LogP contribution in [-0.4, -0.2) is 18.6 Å². The molecule has 1 aromatic carbocycles. The van der Waals surface area contributed by atoms with Crippen LogP contribution in [0.15, 0.2) is 29.3 Å². The topological polar surface area (TPSA) is 101 Å². The number of aryl methyl sites for hydroxylation is 2. The summed E-state index contributed by atoms with van der Waals surface area (Å²) < 4.78 is 22.6. The molecule has 0 spiro atoms. The molecule has 4 N–H and O–H groups in total. The van der Waals surface area contributed by atoms with Crippen LogP contribution in [0.4, 0.5) is 5.69 Å². The van der Waals surface area contributed by atoms with Crippen LogP contribution in [0.25, 0.3) is 0 Å². The predicted molar refractivity (Wildman–Crippen MR) is 73.2 cm³/mol. The van der Waals surface area contributed by atoms with Gasteiger partial charge in [0.15, 0.2) is 0 Å². The van der Waals surface area contributed by atoms with Crippen molar-refractivity contribution in [3.63, 3.8) is 0 Å². The molecule has 102 valence electrons. The zero-order valence-electron chi connectivity index (χ0n) is 10.8. The molecule has 0 saturated carbocycles. The number of rotatable bonds is 4. The summed E-state index contributed by atoms with van der Waals surface area (Å²) >= 11 is 0. The smallest absolute Gasteiger partial charge is 0.238 e. The fourth-order valence-corrected chi connectivity index (χ4v) is 2.25. The third kappa shape index (κ3) is 3.12. The molecule has 0 aliphatic carbocycles. The zero-order chi connectivity index (χ0) is 14.0. The van der Waals surface area contributed by atoms with Gasteiger partial charge in [-0.25, -0.2) is 13.6 Å². The number of benzene rings is 1. The number of nitrogens with one attached hydrogen (secondary N) is 2. The quantitative estimate of drug-likeness (QED) is 0.785. The van der Waals surface area contributed by atoms with Crippen molar-refractivity contribution < 1.29 is 8.42 Å². The number of hydrogen-bond acceptors (Lipinski definition) is 4. The van der Waals surface area contributed by atoms with E-state index >= 15 is 0 Å². The van der Waals surface area contributed by atoms with Crippen LogP contribution in [0.5, 0.6) is 0 Å². The van der Waals surface area contributed by atoms with Gasteiger partial charge in [-0.2, -0.15) is 5.10 Å². The van der Waals surface area contributed by atoms with Crippen molar-refractivity contribution >= 4 is 15.7 Å². The van der Waals surface area contributed by atoms with Crippen LogP contribution in [0.3, 0.4) is 0 Å². The average molecular weight is 280 g/mol. The number of hydrogen-bond donors (Lipinski definition) is 3. The molecule has 19 heavy (non-hydrogen) atoms. The Hall–Kier alpha value is -1.86. The first-order valence-corrected chi connectivity index (χ1v) is 7.29. The van der Waals surface area contributed by atoms with Crippen LogP contribution < -0.4 is 10.5 Å². The number of aromatic amines is 1. The first-order valence-electron chi connectivity index (χ1n) is 5.74. The summed E-state index contributed by atoms with van der Waals surface area (Å²) in [4.78, 5) is 0.101.